The maximum atomic E-state index is 13.2. The number of likely N-dealkylation sites (tertiary alicyclic amines) is 1. The van der Waals surface area contributed by atoms with Crippen molar-refractivity contribution in [2.24, 2.45) is 0 Å². The summed E-state index contributed by atoms with van der Waals surface area (Å²) in [7, 11) is 3.09. The Morgan fingerprint density at radius 3 is 1.42 bits per heavy atom. The van der Waals surface area contributed by atoms with Crippen molar-refractivity contribution < 1.29 is 19.1 Å². The van der Waals surface area contributed by atoms with Crippen molar-refractivity contribution in [3.05, 3.63) is 142 Å². The van der Waals surface area contributed by atoms with Crippen LogP contribution in [0.15, 0.2) is 121 Å². The number of benzene rings is 4. The number of halogens is 2. The topological polar surface area (TPSA) is 96.9 Å². The summed E-state index contributed by atoms with van der Waals surface area (Å²) in [4.78, 5) is 37.7. The fourth-order valence-corrected chi connectivity index (χ4v) is 7.68. The molecule has 2 aromatic heterocycles. The molecule has 302 valence electrons. The Balaban J connectivity index is 0.000000179. The van der Waals surface area contributed by atoms with E-state index in [1.165, 1.54) is 20.0 Å². The molecule has 2 saturated heterocycles. The minimum absolute atomic E-state index is 0.0195. The average Bonchev–Trinajstić information content (AvgIpc) is 3.30. The number of rotatable bonds is 9. The largest absolute Gasteiger partial charge is 0.480 e. The first-order valence-electron chi connectivity index (χ1n) is 20.0. The summed E-state index contributed by atoms with van der Waals surface area (Å²) < 4.78 is 11.1. The van der Waals surface area contributed by atoms with E-state index in [0.29, 0.717) is 32.9 Å². The molecule has 4 aromatic carbocycles. The van der Waals surface area contributed by atoms with Crippen LogP contribution in [0.25, 0.3) is 44.8 Å². The Morgan fingerprint density at radius 1 is 0.542 bits per heavy atom. The number of hydrazine groups is 1. The van der Waals surface area contributed by atoms with Gasteiger partial charge in [-0.25, -0.2) is 15.0 Å². The fraction of sp³-hybridized carbons (Fsp3) is 0.250. The smallest absolute Gasteiger partial charge is 0.271 e. The van der Waals surface area contributed by atoms with Crippen LogP contribution < -0.4 is 14.9 Å². The van der Waals surface area contributed by atoms with Crippen molar-refractivity contribution in [1.29, 1.82) is 0 Å². The van der Waals surface area contributed by atoms with Gasteiger partial charge in [0.1, 0.15) is 11.1 Å². The molecule has 0 aliphatic carbocycles. The Labute approximate surface area is 355 Å². The van der Waals surface area contributed by atoms with Gasteiger partial charge in [0.25, 0.3) is 11.8 Å². The molecular weight excluding hydrogens is 781 g/mol. The van der Waals surface area contributed by atoms with Crippen LogP contribution in [0.2, 0.25) is 10.0 Å². The lowest BCUT2D eigenvalue weighted by Crippen LogP contribution is -2.45. The van der Waals surface area contributed by atoms with Gasteiger partial charge in [-0.1, -0.05) is 115 Å². The van der Waals surface area contributed by atoms with Gasteiger partial charge in [0, 0.05) is 58.5 Å². The van der Waals surface area contributed by atoms with E-state index in [-0.39, 0.29) is 11.8 Å². The Bertz CT molecular complexity index is 2350. The van der Waals surface area contributed by atoms with Crippen LogP contribution in [-0.4, -0.2) is 72.1 Å². The second-order valence-corrected chi connectivity index (χ2v) is 15.3. The molecule has 2 aliphatic rings. The molecule has 0 spiro atoms. The van der Waals surface area contributed by atoms with Crippen LogP contribution in [-0.2, 0) is 0 Å². The number of methoxy groups -OCH3 is 2. The van der Waals surface area contributed by atoms with Crippen molar-refractivity contribution in [2.75, 3.05) is 40.4 Å². The first-order chi connectivity index (χ1) is 28.8. The maximum Gasteiger partial charge on any atom is 0.271 e. The molecule has 4 heterocycles. The van der Waals surface area contributed by atoms with Crippen LogP contribution in [0.3, 0.4) is 0 Å². The summed E-state index contributed by atoms with van der Waals surface area (Å²) >= 11 is 12.1. The van der Waals surface area contributed by atoms with Gasteiger partial charge in [-0.05, 0) is 79.6 Å². The highest BCUT2D eigenvalue weighted by atomic mass is 35.5. The summed E-state index contributed by atoms with van der Waals surface area (Å²) in [6.07, 6.45) is 6.61. The molecule has 0 unspecified atom stereocenters. The monoisotopic (exact) mass is 827 g/mol. The number of aromatic nitrogens is 2. The molecule has 0 bridgehead atoms. The molecular formula is C48H47Cl2N5O4. The number of amides is 2. The van der Waals surface area contributed by atoms with E-state index in [2.05, 4.69) is 5.43 Å². The third-order valence-electron chi connectivity index (χ3n) is 10.5. The second-order valence-electron chi connectivity index (χ2n) is 14.5. The van der Waals surface area contributed by atoms with Gasteiger partial charge in [0.05, 0.1) is 25.6 Å². The summed E-state index contributed by atoms with van der Waals surface area (Å²) in [5, 5.41) is 3.30. The molecule has 8 rings (SSSR count). The molecule has 59 heavy (non-hydrogen) atoms. The number of ether oxygens (including phenoxy) is 2. The van der Waals surface area contributed by atoms with Gasteiger partial charge >= 0.3 is 0 Å². The van der Waals surface area contributed by atoms with E-state index in [4.69, 9.17) is 42.6 Å². The minimum atomic E-state index is -0.207. The van der Waals surface area contributed by atoms with E-state index in [1.807, 2.05) is 131 Å². The Morgan fingerprint density at radius 2 is 0.966 bits per heavy atom. The number of carbonyl (C=O) groups is 2. The van der Waals surface area contributed by atoms with Gasteiger partial charge < -0.3 is 14.4 Å². The zero-order valence-electron chi connectivity index (χ0n) is 33.3. The van der Waals surface area contributed by atoms with Crippen molar-refractivity contribution in [2.45, 2.75) is 38.5 Å². The first-order valence-corrected chi connectivity index (χ1v) is 20.7. The van der Waals surface area contributed by atoms with Gasteiger partial charge in [-0.2, -0.15) is 0 Å². The molecule has 0 atom stereocenters. The van der Waals surface area contributed by atoms with E-state index in [0.717, 1.165) is 96.6 Å². The Kier molecular flexibility index (Phi) is 13.9. The summed E-state index contributed by atoms with van der Waals surface area (Å²) in [5.74, 6) is 0.425. The zero-order chi connectivity index (χ0) is 41.1. The lowest BCUT2D eigenvalue weighted by Gasteiger charge is -2.27. The van der Waals surface area contributed by atoms with Crippen molar-refractivity contribution in [3.63, 3.8) is 0 Å². The maximum absolute atomic E-state index is 13.2. The van der Waals surface area contributed by atoms with Crippen molar-refractivity contribution >= 4 is 35.0 Å². The van der Waals surface area contributed by atoms with Crippen LogP contribution >= 0.6 is 23.2 Å². The number of piperidine rings is 2. The summed E-state index contributed by atoms with van der Waals surface area (Å²) in [6.45, 7) is 3.27. The highest BCUT2D eigenvalue weighted by molar-refractivity contribution is 6.31. The lowest BCUT2D eigenvalue weighted by atomic mass is 9.97. The molecule has 2 amide bonds. The summed E-state index contributed by atoms with van der Waals surface area (Å²) in [6, 6.07) is 38.7. The van der Waals surface area contributed by atoms with Crippen LogP contribution in [0.4, 0.5) is 0 Å². The van der Waals surface area contributed by atoms with E-state index < -0.39 is 0 Å². The zero-order valence-corrected chi connectivity index (χ0v) is 34.8. The van der Waals surface area contributed by atoms with E-state index in [1.54, 1.807) is 7.11 Å². The van der Waals surface area contributed by atoms with Crippen molar-refractivity contribution in [1.82, 2.24) is 25.3 Å². The number of pyridine rings is 2. The molecule has 1 N–H and O–H groups in total. The minimum Gasteiger partial charge on any atom is -0.480 e. The second kappa shape index (κ2) is 19.8. The standard InChI is InChI=1S/C24H24ClN3O2.C24H23ClN2O2/c1-30-24-21(23(29)27-28-14-6-3-7-15-28)16-20(17-8-4-2-5-9-17)22(26-24)18-10-12-19(25)13-11-18;1-29-23-21(24(28)27-14-6-3-7-15-27)16-20(17-8-4-2-5-9-17)22(26-23)18-10-12-19(25)13-11-18/h2,4-5,8-13,16H,3,6-7,14-15H2,1H3,(H,27,29);2,4-5,8-13,16H,3,6-7,14-15H2,1H3. The van der Waals surface area contributed by atoms with Gasteiger partial charge in [-0.15, -0.1) is 0 Å². The molecule has 2 fully saturated rings. The molecule has 0 saturated carbocycles. The van der Waals surface area contributed by atoms with Gasteiger partial charge in [0.2, 0.25) is 11.8 Å². The number of hydrogen-bond donors (Lipinski definition) is 1. The fourth-order valence-electron chi connectivity index (χ4n) is 7.43. The molecule has 11 heteroatoms. The average molecular weight is 829 g/mol. The van der Waals surface area contributed by atoms with Gasteiger partial charge in [0.15, 0.2) is 0 Å². The Hall–Kier alpha value is -5.74. The highest BCUT2D eigenvalue weighted by Crippen LogP contribution is 2.37. The SMILES string of the molecule is COc1nc(-c2ccc(Cl)cc2)c(-c2ccccc2)cc1C(=O)N1CCCCC1.COc1nc(-c2ccc(Cl)cc2)c(-c2ccccc2)cc1C(=O)NN1CCCCC1. The normalized spacial score (nSPS) is 14.1. The molecule has 0 radical (unpaired) electrons. The predicted octanol–water partition coefficient (Wildman–Crippen LogP) is 10.9. The summed E-state index contributed by atoms with van der Waals surface area (Å²) in [5.41, 5.74) is 11.0. The van der Waals surface area contributed by atoms with Gasteiger partial charge in [-0.3, -0.25) is 15.0 Å². The van der Waals surface area contributed by atoms with Crippen LogP contribution in [0, 0.1) is 0 Å². The number of hydrogen-bond acceptors (Lipinski definition) is 7. The predicted molar refractivity (Wildman–Crippen MR) is 236 cm³/mol. The third kappa shape index (κ3) is 10.1. The lowest BCUT2D eigenvalue weighted by molar-refractivity contribution is 0.0718. The first kappa shape index (κ1) is 41.4. The number of nitrogens with zero attached hydrogens (tertiary/aromatic N) is 4. The molecule has 6 aromatic rings. The number of carbonyl (C=O) groups excluding carboxylic acids is 2. The van der Waals surface area contributed by atoms with Crippen LogP contribution in [0.5, 0.6) is 11.8 Å². The van der Waals surface area contributed by atoms with Crippen molar-refractivity contribution in [3.8, 4) is 56.5 Å². The van der Waals surface area contributed by atoms with E-state index >= 15 is 0 Å². The van der Waals surface area contributed by atoms with Crippen LogP contribution in [0.1, 0.15) is 59.2 Å². The molecule has 2 aliphatic heterocycles. The number of nitrogens with one attached hydrogen (secondary N) is 1. The molecule has 9 nitrogen and oxygen atoms in total. The highest BCUT2D eigenvalue weighted by Gasteiger charge is 2.26. The third-order valence-corrected chi connectivity index (χ3v) is 11.0. The quantitative estimate of drug-likeness (QED) is 0.155. The van der Waals surface area contributed by atoms with E-state index in [9.17, 15) is 9.59 Å².